The third-order valence-electron chi connectivity index (χ3n) is 3.99. The normalized spacial score (nSPS) is 12.3. The van der Waals surface area contributed by atoms with Gasteiger partial charge < -0.3 is 15.7 Å². The molecule has 0 radical (unpaired) electrons. The summed E-state index contributed by atoms with van der Waals surface area (Å²) in [7, 11) is 0. The Bertz CT molecular complexity index is 538. The van der Waals surface area contributed by atoms with Gasteiger partial charge in [0, 0.05) is 31.7 Å². The predicted molar refractivity (Wildman–Crippen MR) is 102 cm³/mol. The molecule has 0 aromatic heterocycles. The van der Waals surface area contributed by atoms with Crippen molar-refractivity contribution in [1.29, 1.82) is 0 Å². The molecule has 5 nitrogen and oxygen atoms in total. The molecular weight excluding hydrogens is 319 g/mol. The Morgan fingerprint density at radius 1 is 1.20 bits per heavy atom. The number of phenols is 1. The van der Waals surface area contributed by atoms with Crippen molar-refractivity contribution in [3.63, 3.8) is 0 Å². The second kappa shape index (κ2) is 10.9. The lowest BCUT2D eigenvalue weighted by atomic mass is 10.2. The maximum absolute atomic E-state index is 13.4. The largest absolute Gasteiger partial charge is 0.505 e. The second-order valence-corrected chi connectivity index (χ2v) is 6.69. The van der Waals surface area contributed by atoms with E-state index < -0.39 is 5.82 Å². The summed E-state index contributed by atoms with van der Waals surface area (Å²) >= 11 is 0. The maximum Gasteiger partial charge on any atom is 0.191 e. The van der Waals surface area contributed by atoms with E-state index in [1.807, 2.05) is 6.92 Å². The maximum atomic E-state index is 13.4. The van der Waals surface area contributed by atoms with E-state index in [0.29, 0.717) is 18.6 Å². The minimum absolute atomic E-state index is 0.336. The summed E-state index contributed by atoms with van der Waals surface area (Å²) in [4.78, 5) is 6.94. The van der Waals surface area contributed by atoms with Crippen LogP contribution in [0.4, 0.5) is 4.39 Å². The van der Waals surface area contributed by atoms with Gasteiger partial charge in [0.1, 0.15) is 0 Å². The quantitative estimate of drug-likeness (QED) is 0.363. The lowest BCUT2D eigenvalue weighted by Crippen LogP contribution is -2.41. The Hall–Kier alpha value is -1.82. The number of aliphatic imine (C=N–C) groups is 1. The van der Waals surface area contributed by atoms with Crippen molar-refractivity contribution in [3.05, 3.63) is 29.6 Å². The van der Waals surface area contributed by atoms with Crippen LogP contribution in [0.5, 0.6) is 5.75 Å². The molecule has 1 aromatic carbocycles. The second-order valence-electron chi connectivity index (χ2n) is 6.69. The molecule has 1 aromatic rings. The van der Waals surface area contributed by atoms with Crippen molar-refractivity contribution >= 4 is 5.96 Å². The summed E-state index contributed by atoms with van der Waals surface area (Å²) in [6.45, 7) is 13.9. The molecule has 0 amide bonds. The van der Waals surface area contributed by atoms with Crippen LogP contribution in [0.2, 0.25) is 0 Å². The predicted octanol–water partition coefficient (Wildman–Crippen LogP) is 3.10. The van der Waals surface area contributed by atoms with E-state index in [2.05, 4.69) is 48.2 Å². The fourth-order valence-corrected chi connectivity index (χ4v) is 2.74. The smallest absolute Gasteiger partial charge is 0.191 e. The first-order chi connectivity index (χ1) is 11.8. The molecule has 3 N–H and O–H groups in total. The topological polar surface area (TPSA) is 59.9 Å². The van der Waals surface area contributed by atoms with Gasteiger partial charge >= 0.3 is 0 Å². The molecule has 0 spiro atoms. The molecule has 0 heterocycles. The van der Waals surface area contributed by atoms with Crippen LogP contribution in [0, 0.1) is 5.82 Å². The van der Waals surface area contributed by atoms with Crippen molar-refractivity contribution in [1.82, 2.24) is 15.5 Å². The van der Waals surface area contributed by atoms with Gasteiger partial charge in [-0.1, -0.05) is 6.07 Å². The Morgan fingerprint density at radius 3 is 2.44 bits per heavy atom. The molecule has 142 valence electrons. The van der Waals surface area contributed by atoms with Crippen LogP contribution < -0.4 is 10.6 Å². The first-order valence-electron chi connectivity index (χ1n) is 9.10. The average molecular weight is 352 g/mol. The molecule has 0 saturated carbocycles. The Morgan fingerprint density at radius 2 is 1.88 bits per heavy atom. The number of halogens is 1. The summed E-state index contributed by atoms with van der Waals surface area (Å²) < 4.78 is 13.4. The number of nitrogens with zero attached hydrogens (tertiary/aromatic N) is 2. The zero-order valence-corrected chi connectivity index (χ0v) is 16.1. The summed E-state index contributed by atoms with van der Waals surface area (Å²) in [5.74, 6) is -0.234. The van der Waals surface area contributed by atoms with Crippen molar-refractivity contribution in [2.45, 2.75) is 59.7 Å². The number of guanidine groups is 1. The van der Waals surface area contributed by atoms with Crippen LogP contribution in [0.25, 0.3) is 0 Å². The van der Waals surface area contributed by atoms with Gasteiger partial charge in [-0.2, -0.15) is 0 Å². The van der Waals surface area contributed by atoms with E-state index in [1.54, 1.807) is 6.07 Å². The molecule has 0 fully saturated rings. The summed E-state index contributed by atoms with van der Waals surface area (Å²) in [5, 5.41) is 15.7. The molecule has 0 aliphatic carbocycles. The van der Waals surface area contributed by atoms with Gasteiger partial charge in [-0.3, -0.25) is 4.90 Å². The van der Waals surface area contributed by atoms with Gasteiger partial charge in [0.25, 0.3) is 0 Å². The third kappa shape index (κ3) is 7.73. The van der Waals surface area contributed by atoms with E-state index in [-0.39, 0.29) is 5.75 Å². The highest BCUT2D eigenvalue weighted by Crippen LogP contribution is 2.16. The average Bonchev–Trinajstić information content (AvgIpc) is 2.54. The van der Waals surface area contributed by atoms with Gasteiger partial charge in [-0.25, -0.2) is 9.38 Å². The highest BCUT2D eigenvalue weighted by Gasteiger charge is 2.12. The first-order valence-corrected chi connectivity index (χ1v) is 9.10. The minimum Gasteiger partial charge on any atom is -0.505 e. The van der Waals surface area contributed by atoms with E-state index in [0.717, 1.165) is 37.6 Å². The first kappa shape index (κ1) is 21.2. The van der Waals surface area contributed by atoms with Gasteiger partial charge in [0.2, 0.25) is 0 Å². The molecule has 0 atom stereocenters. The number of hydrogen-bond acceptors (Lipinski definition) is 3. The molecule has 0 bridgehead atoms. The molecule has 0 aliphatic heterocycles. The zero-order valence-electron chi connectivity index (χ0n) is 16.1. The van der Waals surface area contributed by atoms with Crippen LogP contribution in [0.15, 0.2) is 23.2 Å². The van der Waals surface area contributed by atoms with Crippen molar-refractivity contribution in [2.75, 3.05) is 19.6 Å². The fraction of sp³-hybridized carbons (Fsp3) is 0.632. The number of hydrogen-bond donors (Lipinski definition) is 3. The van der Waals surface area contributed by atoms with Gasteiger partial charge in [-0.15, -0.1) is 0 Å². The number of aromatic hydroxyl groups is 1. The molecule has 6 heteroatoms. The molecule has 0 unspecified atom stereocenters. The van der Waals surface area contributed by atoms with Crippen molar-refractivity contribution in [2.24, 2.45) is 4.99 Å². The molecule has 1 rings (SSSR count). The minimum atomic E-state index is -0.617. The Kier molecular flexibility index (Phi) is 9.27. The highest BCUT2D eigenvalue weighted by molar-refractivity contribution is 5.79. The number of nitrogens with one attached hydrogen (secondary N) is 2. The van der Waals surface area contributed by atoms with Gasteiger partial charge in [0.15, 0.2) is 17.5 Å². The van der Waals surface area contributed by atoms with Crippen LogP contribution in [0.1, 0.15) is 46.6 Å². The monoisotopic (exact) mass is 352 g/mol. The van der Waals surface area contributed by atoms with Crippen LogP contribution in [-0.2, 0) is 6.54 Å². The summed E-state index contributed by atoms with van der Waals surface area (Å²) in [5.41, 5.74) is 0.721. The third-order valence-corrected chi connectivity index (χ3v) is 3.99. The lowest BCUT2D eigenvalue weighted by Gasteiger charge is -2.30. The van der Waals surface area contributed by atoms with Crippen LogP contribution in [-0.4, -0.2) is 47.7 Å². The number of phenolic OH excluding ortho intramolecular Hbond substituents is 1. The van der Waals surface area contributed by atoms with Crippen molar-refractivity contribution < 1.29 is 9.50 Å². The van der Waals surface area contributed by atoms with E-state index in [9.17, 15) is 9.50 Å². The highest BCUT2D eigenvalue weighted by atomic mass is 19.1. The van der Waals surface area contributed by atoms with E-state index in [1.165, 1.54) is 12.1 Å². The van der Waals surface area contributed by atoms with Crippen molar-refractivity contribution in [3.8, 4) is 5.75 Å². The van der Waals surface area contributed by atoms with Crippen LogP contribution in [0.3, 0.4) is 0 Å². The molecular formula is C19H33FN4O. The zero-order chi connectivity index (χ0) is 18.8. The number of rotatable bonds is 9. The standard InChI is InChI=1S/C19H33FN4O/c1-6-21-19(22-10-7-11-24(14(2)3)15(4)5)23-13-16-8-9-18(25)17(20)12-16/h8-9,12,14-15,25H,6-7,10-11,13H2,1-5H3,(H2,21,22,23). The van der Waals surface area contributed by atoms with Gasteiger partial charge in [-0.05, 0) is 58.7 Å². The summed E-state index contributed by atoms with van der Waals surface area (Å²) in [6.07, 6.45) is 1.02. The Balaban J connectivity index is 2.51. The molecule has 0 saturated heterocycles. The SMILES string of the molecule is CCNC(=NCc1ccc(O)c(F)c1)NCCCN(C(C)C)C(C)C. The fourth-order valence-electron chi connectivity index (χ4n) is 2.74. The number of benzene rings is 1. The van der Waals surface area contributed by atoms with Gasteiger partial charge in [0.05, 0.1) is 6.54 Å². The Labute approximate surface area is 151 Å². The lowest BCUT2D eigenvalue weighted by molar-refractivity contribution is 0.173. The molecule has 0 aliphatic rings. The van der Waals surface area contributed by atoms with E-state index >= 15 is 0 Å². The van der Waals surface area contributed by atoms with Crippen LogP contribution >= 0.6 is 0 Å². The molecule has 25 heavy (non-hydrogen) atoms. The van der Waals surface area contributed by atoms with E-state index in [4.69, 9.17) is 0 Å². The summed E-state index contributed by atoms with van der Waals surface area (Å²) in [6, 6.07) is 5.41.